The fourth-order valence-corrected chi connectivity index (χ4v) is 6.61. The van der Waals surface area contributed by atoms with Crippen molar-refractivity contribution in [3.05, 3.63) is 53.7 Å². The molecule has 8 heteroatoms. The first-order valence-corrected chi connectivity index (χ1v) is 11.9. The number of H-pyrrole nitrogens is 1. The maximum Gasteiger partial charge on any atom is 0.306 e. The lowest BCUT2D eigenvalue weighted by atomic mass is 9.55. The molecule has 2 aromatic carbocycles. The number of aromatic nitrogens is 2. The molecule has 6 nitrogen and oxygen atoms in total. The van der Waals surface area contributed by atoms with Crippen LogP contribution in [-0.4, -0.2) is 40.5 Å². The second kappa shape index (κ2) is 7.77. The van der Waals surface area contributed by atoms with Gasteiger partial charge in [-0.25, -0.2) is 8.78 Å². The van der Waals surface area contributed by atoms with E-state index in [2.05, 4.69) is 34.2 Å². The van der Waals surface area contributed by atoms with Gasteiger partial charge >= 0.3 is 5.97 Å². The van der Waals surface area contributed by atoms with Gasteiger partial charge in [0.1, 0.15) is 0 Å². The van der Waals surface area contributed by atoms with Crippen molar-refractivity contribution in [3.63, 3.8) is 0 Å². The molecule has 1 saturated carbocycles. The predicted molar refractivity (Wildman–Crippen MR) is 123 cm³/mol. The van der Waals surface area contributed by atoms with Crippen LogP contribution in [0.3, 0.4) is 0 Å². The Morgan fingerprint density at radius 3 is 2.76 bits per heavy atom. The number of anilines is 2. The quantitative estimate of drug-likeness (QED) is 0.554. The van der Waals surface area contributed by atoms with Crippen LogP contribution in [0.5, 0.6) is 0 Å². The fourth-order valence-electron chi connectivity index (χ4n) is 6.61. The Hall–Kier alpha value is -3.00. The number of aliphatic carboxylic acids is 1. The van der Waals surface area contributed by atoms with Crippen LogP contribution >= 0.6 is 0 Å². The normalized spacial score (nSPS) is 30.9. The molecule has 178 valence electrons. The van der Waals surface area contributed by atoms with Gasteiger partial charge in [-0.1, -0.05) is 6.92 Å². The van der Waals surface area contributed by atoms with Gasteiger partial charge in [0.25, 0.3) is 0 Å². The first kappa shape index (κ1) is 21.5. The number of nitrogens with zero attached hydrogens (tertiary/aromatic N) is 2. The number of nitrogens with one attached hydrogen (secondary N) is 1. The van der Waals surface area contributed by atoms with Crippen LogP contribution < -0.4 is 4.90 Å². The third-order valence-electron chi connectivity index (χ3n) is 8.45. The predicted octanol–water partition coefficient (Wildman–Crippen LogP) is 5.16. The highest BCUT2D eigenvalue weighted by Crippen LogP contribution is 2.60. The van der Waals surface area contributed by atoms with E-state index in [0.29, 0.717) is 25.1 Å². The molecule has 1 saturated heterocycles. The van der Waals surface area contributed by atoms with Gasteiger partial charge < -0.3 is 14.7 Å². The van der Waals surface area contributed by atoms with Crippen LogP contribution in [0, 0.1) is 29.4 Å². The lowest BCUT2D eigenvalue weighted by molar-refractivity contribution is -0.147. The summed E-state index contributed by atoms with van der Waals surface area (Å²) in [5.74, 6) is -2.55. The van der Waals surface area contributed by atoms with Gasteiger partial charge in [-0.15, -0.1) is 0 Å². The van der Waals surface area contributed by atoms with E-state index in [1.165, 1.54) is 12.1 Å². The topological polar surface area (TPSA) is 78.4 Å². The van der Waals surface area contributed by atoms with E-state index < -0.39 is 23.0 Å². The van der Waals surface area contributed by atoms with Crippen molar-refractivity contribution in [1.82, 2.24) is 10.2 Å². The second-order valence-electron chi connectivity index (χ2n) is 10.2. The second-order valence-corrected chi connectivity index (χ2v) is 10.2. The molecule has 2 fully saturated rings. The van der Waals surface area contributed by atoms with E-state index in [4.69, 9.17) is 4.74 Å². The number of carboxylic acids is 1. The highest BCUT2D eigenvalue weighted by atomic mass is 19.2. The first-order chi connectivity index (χ1) is 16.4. The van der Waals surface area contributed by atoms with E-state index in [1.54, 1.807) is 12.3 Å². The number of hydrogen-bond donors (Lipinski definition) is 2. The van der Waals surface area contributed by atoms with Crippen LogP contribution in [0.2, 0.25) is 0 Å². The third kappa shape index (κ3) is 3.07. The number of hydrogen-bond acceptors (Lipinski definition) is 4. The minimum atomic E-state index is -0.884. The number of fused-ring (bicyclic) bond motifs is 2. The SMILES string of the molecule is CC1([C@H]2C[C@@H](C(=O)O)C2)c2cc3[nH]ncc3cc2N(c2ccc(F)c(F)c2)C1C1CCCOC1. The molecular formula is C26H27F2N3O3. The summed E-state index contributed by atoms with van der Waals surface area (Å²) in [7, 11) is 0. The van der Waals surface area contributed by atoms with Gasteiger partial charge in [-0.2, -0.15) is 5.10 Å². The van der Waals surface area contributed by atoms with Crippen molar-refractivity contribution in [2.24, 2.45) is 17.8 Å². The van der Waals surface area contributed by atoms with E-state index in [9.17, 15) is 18.7 Å². The van der Waals surface area contributed by atoms with Gasteiger partial charge in [-0.05, 0) is 61.4 Å². The molecule has 1 aliphatic carbocycles. The molecule has 34 heavy (non-hydrogen) atoms. The summed E-state index contributed by atoms with van der Waals surface area (Å²) in [6.45, 7) is 3.52. The number of carboxylic acid groups (broad SMARTS) is 1. The summed E-state index contributed by atoms with van der Waals surface area (Å²) < 4.78 is 34.2. The molecule has 3 unspecified atom stereocenters. The molecule has 2 N–H and O–H groups in total. The van der Waals surface area contributed by atoms with Crippen LogP contribution in [0.15, 0.2) is 36.5 Å². The van der Waals surface area contributed by atoms with Gasteiger partial charge in [-0.3, -0.25) is 9.89 Å². The molecule has 1 aromatic heterocycles. The highest BCUT2D eigenvalue weighted by molar-refractivity contribution is 5.89. The van der Waals surface area contributed by atoms with Gasteiger partial charge in [0, 0.05) is 46.8 Å². The van der Waals surface area contributed by atoms with Crippen molar-refractivity contribution < 1.29 is 23.4 Å². The summed E-state index contributed by atoms with van der Waals surface area (Å²) in [5, 5.41) is 17.7. The van der Waals surface area contributed by atoms with Gasteiger partial charge in [0.05, 0.1) is 24.2 Å². The molecule has 6 rings (SSSR count). The van der Waals surface area contributed by atoms with Crippen LogP contribution in [0.25, 0.3) is 10.9 Å². The van der Waals surface area contributed by atoms with Crippen molar-refractivity contribution in [2.45, 2.75) is 44.1 Å². The Kier molecular flexibility index (Phi) is 4.92. The molecule has 0 amide bonds. The summed E-state index contributed by atoms with van der Waals surface area (Å²) in [6.07, 6.45) is 4.86. The number of rotatable bonds is 4. The van der Waals surface area contributed by atoms with Crippen LogP contribution in [0.1, 0.15) is 38.2 Å². The fraction of sp³-hybridized carbons (Fsp3) is 0.462. The average molecular weight is 468 g/mol. The zero-order valence-corrected chi connectivity index (χ0v) is 18.9. The van der Waals surface area contributed by atoms with E-state index in [-0.39, 0.29) is 23.8 Å². The summed E-state index contributed by atoms with van der Waals surface area (Å²) in [6, 6.07) is 8.17. The molecule has 0 spiro atoms. The monoisotopic (exact) mass is 467 g/mol. The van der Waals surface area contributed by atoms with E-state index >= 15 is 0 Å². The number of aromatic amines is 1. The van der Waals surface area contributed by atoms with Crippen LogP contribution in [-0.2, 0) is 14.9 Å². The average Bonchev–Trinajstić information content (AvgIpc) is 3.34. The molecule has 3 heterocycles. The molecule has 0 bridgehead atoms. The lowest BCUT2D eigenvalue weighted by Crippen LogP contribution is -2.55. The minimum absolute atomic E-state index is 0.0770. The first-order valence-electron chi connectivity index (χ1n) is 11.9. The highest BCUT2D eigenvalue weighted by Gasteiger charge is 2.59. The number of benzene rings is 2. The standard InChI is InChI=1S/C26H27F2N3O3/c1-26(17-7-15(8-17)25(32)33)19-11-22-16(12-29-30-22)9-23(19)31(18-4-5-20(27)21(28)10-18)24(26)14-3-2-6-34-13-14/h4-5,9-12,14-15,17,24H,2-3,6-8,13H2,1H3,(H,29,30)(H,32,33)/t14?,15-,17+,24?,26?. The zero-order chi connectivity index (χ0) is 23.6. The maximum atomic E-state index is 14.4. The van der Waals surface area contributed by atoms with E-state index in [0.717, 1.165) is 41.6 Å². The number of halogens is 2. The summed E-state index contributed by atoms with van der Waals surface area (Å²) in [5.41, 5.74) is 3.15. The molecule has 3 aromatic rings. The Morgan fingerprint density at radius 2 is 2.06 bits per heavy atom. The summed E-state index contributed by atoms with van der Waals surface area (Å²) in [4.78, 5) is 13.8. The zero-order valence-electron chi connectivity index (χ0n) is 18.9. The van der Waals surface area contributed by atoms with Crippen LogP contribution in [0.4, 0.5) is 20.2 Å². The van der Waals surface area contributed by atoms with Gasteiger partial charge in [0.2, 0.25) is 0 Å². The lowest BCUT2D eigenvalue weighted by Gasteiger charge is -2.51. The largest absolute Gasteiger partial charge is 0.481 e. The Labute approximate surface area is 195 Å². The Balaban J connectivity index is 1.56. The van der Waals surface area contributed by atoms with Crippen molar-refractivity contribution >= 4 is 28.2 Å². The smallest absolute Gasteiger partial charge is 0.306 e. The Morgan fingerprint density at radius 1 is 1.24 bits per heavy atom. The molecular weight excluding hydrogens is 440 g/mol. The third-order valence-corrected chi connectivity index (χ3v) is 8.45. The molecule has 0 radical (unpaired) electrons. The number of carbonyl (C=O) groups is 1. The van der Waals surface area contributed by atoms with E-state index in [1.807, 2.05) is 0 Å². The summed E-state index contributed by atoms with van der Waals surface area (Å²) >= 11 is 0. The molecule has 2 aliphatic heterocycles. The molecule has 3 aliphatic rings. The number of ether oxygens (including phenoxy) is 1. The van der Waals surface area contributed by atoms with Gasteiger partial charge in [0.15, 0.2) is 11.6 Å². The maximum absolute atomic E-state index is 14.4. The van der Waals surface area contributed by atoms with Crippen molar-refractivity contribution in [2.75, 3.05) is 18.1 Å². The van der Waals surface area contributed by atoms with Crippen molar-refractivity contribution in [3.8, 4) is 0 Å². The molecule has 3 atom stereocenters. The Bertz CT molecular complexity index is 1270. The minimum Gasteiger partial charge on any atom is -0.481 e. The van der Waals surface area contributed by atoms with Crippen molar-refractivity contribution in [1.29, 1.82) is 0 Å².